The van der Waals surface area contributed by atoms with Gasteiger partial charge in [0.25, 0.3) is 0 Å². The average Bonchev–Trinajstić information content (AvgIpc) is 2.86. The monoisotopic (exact) mass is 272 g/mol. The molecule has 0 spiro atoms. The van der Waals surface area contributed by atoms with Gasteiger partial charge >= 0.3 is 0 Å². The van der Waals surface area contributed by atoms with Crippen LogP contribution in [0.5, 0.6) is 0 Å². The number of carbonyl (C=O) groups excluding carboxylic acids is 1. The lowest BCUT2D eigenvalue weighted by Crippen LogP contribution is -2.35. The van der Waals surface area contributed by atoms with Crippen LogP contribution in [0.3, 0.4) is 0 Å². The van der Waals surface area contributed by atoms with E-state index in [-0.39, 0.29) is 18.5 Å². The Morgan fingerprint density at radius 3 is 2.80 bits per heavy atom. The molecule has 0 radical (unpaired) electrons. The lowest BCUT2D eigenvalue weighted by molar-refractivity contribution is -0.132. The summed E-state index contributed by atoms with van der Waals surface area (Å²) in [5, 5.41) is 4.23. The fourth-order valence-electron chi connectivity index (χ4n) is 1.86. The average molecular weight is 272 g/mol. The number of likely N-dealkylation sites (N-methyl/N-ethyl adjacent to an activating group) is 1. The molecule has 2 rings (SSSR count). The Kier molecular flexibility index (Phi) is 4.08. The van der Waals surface area contributed by atoms with E-state index < -0.39 is 0 Å². The Labute approximate surface area is 119 Å². The summed E-state index contributed by atoms with van der Waals surface area (Å²) in [7, 11) is 1.80. The summed E-state index contributed by atoms with van der Waals surface area (Å²) in [4.78, 5) is 13.7. The molecule has 1 heterocycles. The fourth-order valence-corrected chi connectivity index (χ4v) is 1.86. The third-order valence-corrected chi connectivity index (χ3v) is 3.32. The van der Waals surface area contributed by atoms with E-state index in [2.05, 4.69) is 5.10 Å². The van der Waals surface area contributed by atoms with Crippen molar-refractivity contribution in [1.29, 1.82) is 0 Å². The first-order valence-corrected chi connectivity index (χ1v) is 6.61. The Bertz CT molecular complexity index is 603. The predicted octanol–water partition coefficient (Wildman–Crippen LogP) is 2.00. The molecule has 1 aromatic heterocycles. The third-order valence-electron chi connectivity index (χ3n) is 3.32. The highest BCUT2D eigenvalue weighted by atomic mass is 16.2. The van der Waals surface area contributed by atoms with Crippen LogP contribution >= 0.6 is 0 Å². The molecule has 2 N–H and O–H groups in total. The lowest BCUT2D eigenvalue weighted by atomic mass is 10.1. The Balaban J connectivity index is 2.12. The van der Waals surface area contributed by atoms with Crippen molar-refractivity contribution >= 4 is 11.6 Å². The van der Waals surface area contributed by atoms with Crippen molar-refractivity contribution in [2.24, 2.45) is 0 Å². The quantitative estimate of drug-likeness (QED) is 0.866. The molecule has 0 saturated heterocycles. The van der Waals surface area contributed by atoms with Gasteiger partial charge < -0.3 is 10.6 Å². The minimum absolute atomic E-state index is 0.0437. The first-order valence-electron chi connectivity index (χ1n) is 6.61. The van der Waals surface area contributed by atoms with E-state index in [1.54, 1.807) is 22.8 Å². The molecule has 5 nitrogen and oxygen atoms in total. The molecule has 0 unspecified atom stereocenters. The van der Waals surface area contributed by atoms with Crippen LogP contribution in [0.4, 0.5) is 5.69 Å². The van der Waals surface area contributed by atoms with Gasteiger partial charge in [-0.1, -0.05) is 12.1 Å². The van der Waals surface area contributed by atoms with Gasteiger partial charge in [-0.3, -0.25) is 9.48 Å². The van der Waals surface area contributed by atoms with Gasteiger partial charge in [-0.25, -0.2) is 0 Å². The standard InChI is InChI=1S/C15H20N4O/c1-11(2)18(3)15(20)10-19-9-13(8-17-19)12-5-4-6-14(16)7-12/h4-9,11H,10,16H2,1-3H3. The van der Waals surface area contributed by atoms with Crippen molar-refractivity contribution in [2.75, 3.05) is 12.8 Å². The number of nitrogen functional groups attached to an aromatic ring is 1. The van der Waals surface area contributed by atoms with E-state index in [0.717, 1.165) is 11.1 Å². The maximum Gasteiger partial charge on any atom is 0.244 e. The molecule has 0 saturated carbocycles. The van der Waals surface area contributed by atoms with Crippen molar-refractivity contribution in [2.45, 2.75) is 26.4 Å². The van der Waals surface area contributed by atoms with Crippen molar-refractivity contribution in [3.63, 3.8) is 0 Å². The number of hydrogen-bond acceptors (Lipinski definition) is 3. The van der Waals surface area contributed by atoms with Crippen LogP contribution in [0.1, 0.15) is 13.8 Å². The van der Waals surface area contributed by atoms with E-state index >= 15 is 0 Å². The molecule has 106 valence electrons. The minimum atomic E-state index is 0.0437. The molecule has 0 bridgehead atoms. The summed E-state index contributed by atoms with van der Waals surface area (Å²) >= 11 is 0. The summed E-state index contributed by atoms with van der Waals surface area (Å²) in [5.41, 5.74) is 8.44. The second-order valence-corrected chi connectivity index (χ2v) is 5.15. The second kappa shape index (κ2) is 5.77. The van der Waals surface area contributed by atoms with Crippen molar-refractivity contribution in [1.82, 2.24) is 14.7 Å². The summed E-state index contributed by atoms with van der Waals surface area (Å²) in [6, 6.07) is 7.80. The fraction of sp³-hybridized carbons (Fsp3) is 0.333. The molecule has 0 atom stereocenters. The van der Waals surface area contributed by atoms with Gasteiger partial charge in [0.1, 0.15) is 6.54 Å². The van der Waals surface area contributed by atoms with Crippen LogP contribution in [-0.2, 0) is 11.3 Å². The van der Waals surface area contributed by atoms with Crippen LogP contribution < -0.4 is 5.73 Å². The maximum atomic E-state index is 12.0. The van der Waals surface area contributed by atoms with Crippen LogP contribution in [0.2, 0.25) is 0 Å². The van der Waals surface area contributed by atoms with Crippen LogP contribution in [0.25, 0.3) is 11.1 Å². The van der Waals surface area contributed by atoms with E-state index in [1.165, 1.54) is 0 Å². The highest BCUT2D eigenvalue weighted by molar-refractivity contribution is 5.76. The summed E-state index contributed by atoms with van der Waals surface area (Å²) in [5.74, 6) is 0.0437. The predicted molar refractivity (Wildman–Crippen MR) is 80.0 cm³/mol. The molecule has 0 aliphatic rings. The summed E-state index contributed by atoms with van der Waals surface area (Å²) in [6.45, 7) is 4.22. The zero-order valence-electron chi connectivity index (χ0n) is 12.1. The minimum Gasteiger partial charge on any atom is -0.399 e. The van der Waals surface area contributed by atoms with E-state index in [9.17, 15) is 4.79 Å². The molecule has 5 heteroatoms. The molecule has 2 aromatic rings. The van der Waals surface area contributed by atoms with E-state index in [1.807, 2.05) is 44.3 Å². The lowest BCUT2D eigenvalue weighted by Gasteiger charge is -2.21. The molecule has 0 aliphatic heterocycles. The number of aromatic nitrogens is 2. The van der Waals surface area contributed by atoms with Crippen LogP contribution in [0.15, 0.2) is 36.7 Å². The summed E-state index contributed by atoms with van der Waals surface area (Å²) in [6.07, 6.45) is 3.61. The number of benzene rings is 1. The number of nitrogens with zero attached hydrogens (tertiary/aromatic N) is 3. The van der Waals surface area contributed by atoms with Crippen molar-refractivity contribution < 1.29 is 4.79 Å². The topological polar surface area (TPSA) is 64.2 Å². The molecule has 0 fully saturated rings. The summed E-state index contributed by atoms with van der Waals surface area (Å²) < 4.78 is 1.65. The van der Waals surface area contributed by atoms with Crippen molar-refractivity contribution in [3.8, 4) is 11.1 Å². The third kappa shape index (κ3) is 3.17. The molecule has 1 aromatic carbocycles. The largest absolute Gasteiger partial charge is 0.399 e. The number of anilines is 1. The molecule has 0 aliphatic carbocycles. The molecule has 1 amide bonds. The van der Waals surface area contributed by atoms with Crippen LogP contribution in [0, 0.1) is 0 Å². The first kappa shape index (κ1) is 14.1. The Morgan fingerprint density at radius 1 is 1.40 bits per heavy atom. The van der Waals surface area contributed by atoms with Gasteiger partial charge in [-0.05, 0) is 31.5 Å². The highest BCUT2D eigenvalue weighted by Crippen LogP contribution is 2.20. The smallest absolute Gasteiger partial charge is 0.244 e. The molecule has 20 heavy (non-hydrogen) atoms. The SMILES string of the molecule is CC(C)N(C)C(=O)Cn1cc(-c2cccc(N)c2)cn1. The van der Waals surface area contributed by atoms with Gasteiger partial charge in [0.15, 0.2) is 0 Å². The van der Waals surface area contributed by atoms with Gasteiger partial charge in [-0.15, -0.1) is 0 Å². The zero-order chi connectivity index (χ0) is 14.7. The normalized spacial score (nSPS) is 10.8. The van der Waals surface area contributed by atoms with E-state index in [0.29, 0.717) is 5.69 Å². The number of rotatable bonds is 4. The first-order chi connectivity index (χ1) is 9.47. The Morgan fingerprint density at radius 2 is 2.15 bits per heavy atom. The van der Waals surface area contributed by atoms with Crippen molar-refractivity contribution in [3.05, 3.63) is 36.7 Å². The number of nitrogens with two attached hydrogens (primary N) is 1. The number of amides is 1. The Hall–Kier alpha value is -2.30. The van der Waals surface area contributed by atoms with Gasteiger partial charge in [-0.2, -0.15) is 5.10 Å². The molecular weight excluding hydrogens is 252 g/mol. The van der Waals surface area contributed by atoms with Gasteiger partial charge in [0, 0.05) is 30.5 Å². The maximum absolute atomic E-state index is 12.0. The highest BCUT2D eigenvalue weighted by Gasteiger charge is 2.13. The van der Waals surface area contributed by atoms with E-state index in [4.69, 9.17) is 5.73 Å². The molecular formula is C15H20N4O. The second-order valence-electron chi connectivity index (χ2n) is 5.15. The van der Waals surface area contributed by atoms with Gasteiger partial charge in [0.2, 0.25) is 5.91 Å². The van der Waals surface area contributed by atoms with Crippen LogP contribution in [-0.4, -0.2) is 33.7 Å². The van der Waals surface area contributed by atoms with Gasteiger partial charge in [0.05, 0.1) is 6.20 Å². The zero-order valence-corrected chi connectivity index (χ0v) is 12.1. The number of carbonyl (C=O) groups is 1. The number of hydrogen-bond donors (Lipinski definition) is 1.